The first-order valence-corrected chi connectivity index (χ1v) is 4.57. The van der Waals surface area contributed by atoms with Gasteiger partial charge in [0.2, 0.25) is 0 Å². The van der Waals surface area contributed by atoms with E-state index in [1.165, 1.54) is 0 Å². The topological polar surface area (TPSA) is 43.7 Å². The van der Waals surface area contributed by atoms with Gasteiger partial charge in [0.15, 0.2) is 0 Å². The van der Waals surface area contributed by atoms with Crippen LogP contribution >= 0.6 is 0 Å². The van der Waals surface area contributed by atoms with Gasteiger partial charge in [0.05, 0.1) is 5.60 Å². The molecule has 0 atom stereocenters. The Bertz CT molecular complexity index is 136. The summed E-state index contributed by atoms with van der Waals surface area (Å²) in [7, 11) is 0. The molecule has 1 aliphatic heterocycles. The molecule has 0 amide bonds. The van der Waals surface area contributed by atoms with Crippen LogP contribution < -0.4 is 0 Å². The fourth-order valence-electron chi connectivity index (χ4n) is 1.41. The summed E-state index contributed by atoms with van der Waals surface area (Å²) in [5.74, 6) is 0.479. The molecule has 1 heterocycles. The van der Waals surface area contributed by atoms with Crippen molar-refractivity contribution in [1.82, 2.24) is 4.90 Å². The summed E-state index contributed by atoms with van der Waals surface area (Å²) in [5, 5.41) is 18.2. The molecule has 12 heavy (non-hydrogen) atoms. The Morgan fingerprint density at radius 2 is 2.00 bits per heavy atom. The lowest BCUT2D eigenvalue weighted by molar-refractivity contribution is 0.0161. The monoisotopic (exact) mass is 173 g/mol. The number of aliphatic hydroxyl groups excluding tert-OH is 1. The highest BCUT2D eigenvalue weighted by Gasteiger charge is 2.26. The fraction of sp³-hybridized carbons (Fsp3) is 1.00. The van der Waals surface area contributed by atoms with Crippen molar-refractivity contribution in [2.24, 2.45) is 5.92 Å². The molecule has 0 aromatic heterocycles. The zero-order valence-corrected chi connectivity index (χ0v) is 7.95. The first kappa shape index (κ1) is 9.96. The van der Waals surface area contributed by atoms with E-state index >= 15 is 0 Å². The first-order valence-electron chi connectivity index (χ1n) is 4.57. The summed E-state index contributed by atoms with van der Waals surface area (Å²) in [6, 6.07) is 0. The van der Waals surface area contributed by atoms with Crippen molar-refractivity contribution in [2.45, 2.75) is 25.9 Å². The lowest BCUT2D eigenvalue weighted by atomic mass is 9.98. The first-order chi connectivity index (χ1) is 5.51. The lowest BCUT2D eigenvalue weighted by Crippen LogP contribution is -2.49. The third-order valence-electron chi connectivity index (χ3n) is 2.33. The molecule has 0 unspecified atom stereocenters. The number of aliphatic hydroxyl groups is 2. The van der Waals surface area contributed by atoms with E-state index in [4.69, 9.17) is 5.11 Å². The van der Waals surface area contributed by atoms with Crippen molar-refractivity contribution < 1.29 is 10.2 Å². The van der Waals surface area contributed by atoms with Gasteiger partial charge in [0.25, 0.3) is 0 Å². The number of nitrogens with zero attached hydrogens (tertiary/aromatic N) is 1. The minimum atomic E-state index is -0.551. The Hall–Kier alpha value is -0.120. The zero-order valence-electron chi connectivity index (χ0n) is 7.95. The maximum atomic E-state index is 9.43. The predicted molar refractivity (Wildman–Crippen MR) is 47.9 cm³/mol. The van der Waals surface area contributed by atoms with Gasteiger partial charge in [0.1, 0.15) is 0 Å². The minimum Gasteiger partial charge on any atom is -0.396 e. The quantitative estimate of drug-likeness (QED) is 0.632. The van der Waals surface area contributed by atoms with E-state index < -0.39 is 5.60 Å². The molecular weight excluding hydrogens is 154 g/mol. The molecule has 0 radical (unpaired) electrons. The van der Waals surface area contributed by atoms with Crippen molar-refractivity contribution in [1.29, 1.82) is 0 Å². The number of rotatable bonds is 4. The molecule has 1 rings (SSSR count). The molecule has 0 aromatic rings. The Balaban J connectivity index is 2.04. The van der Waals surface area contributed by atoms with Gasteiger partial charge < -0.3 is 15.1 Å². The van der Waals surface area contributed by atoms with Crippen LogP contribution in [0, 0.1) is 5.92 Å². The maximum Gasteiger partial charge on any atom is 0.0603 e. The molecule has 2 N–H and O–H groups in total. The molecule has 72 valence electrons. The molecule has 0 aromatic carbocycles. The van der Waals surface area contributed by atoms with Crippen LogP contribution in [0.2, 0.25) is 0 Å². The summed E-state index contributed by atoms with van der Waals surface area (Å²) in [6.07, 6.45) is 0.811. The van der Waals surface area contributed by atoms with Gasteiger partial charge in [-0.05, 0) is 20.3 Å². The fourth-order valence-corrected chi connectivity index (χ4v) is 1.41. The van der Waals surface area contributed by atoms with Gasteiger partial charge in [-0.2, -0.15) is 0 Å². The van der Waals surface area contributed by atoms with Crippen LogP contribution in [0.4, 0.5) is 0 Å². The molecule has 3 nitrogen and oxygen atoms in total. The highest BCUT2D eigenvalue weighted by atomic mass is 16.3. The second kappa shape index (κ2) is 3.73. The van der Waals surface area contributed by atoms with Gasteiger partial charge >= 0.3 is 0 Å². The molecule has 0 saturated carbocycles. The average molecular weight is 173 g/mol. The van der Waals surface area contributed by atoms with Crippen molar-refractivity contribution >= 4 is 0 Å². The molecule has 0 aliphatic carbocycles. The van der Waals surface area contributed by atoms with Gasteiger partial charge in [-0.15, -0.1) is 0 Å². The highest BCUT2D eigenvalue weighted by molar-refractivity contribution is 4.80. The van der Waals surface area contributed by atoms with E-state index in [1.54, 1.807) is 0 Å². The molecule has 3 heteroatoms. The van der Waals surface area contributed by atoms with Gasteiger partial charge in [-0.25, -0.2) is 0 Å². The van der Waals surface area contributed by atoms with E-state index in [1.807, 2.05) is 13.8 Å². The molecule has 1 saturated heterocycles. The van der Waals surface area contributed by atoms with Crippen molar-refractivity contribution in [3.8, 4) is 0 Å². The smallest absolute Gasteiger partial charge is 0.0603 e. The van der Waals surface area contributed by atoms with Crippen LogP contribution in [0.15, 0.2) is 0 Å². The van der Waals surface area contributed by atoms with E-state index in [9.17, 15) is 5.11 Å². The van der Waals surface area contributed by atoms with Crippen LogP contribution in [0.25, 0.3) is 0 Å². The van der Waals surface area contributed by atoms with E-state index in [0.29, 0.717) is 12.5 Å². The van der Waals surface area contributed by atoms with Crippen LogP contribution in [-0.2, 0) is 0 Å². The summed E-state index contributed by atoms with van der Waals surface area (Å²) in [6.45, 7) is 6.89. The number of likely N-dealkylation sites (tertiary alicyclic amines) is 1. The summed E-state index contributed by atoms with van der Waals surface area (Å²) < 4.78 is 0. The lowest BCUT2D eigenvalue weighted by Gasteiger charge is -2.39. The van der Waals surface area contributed by atoms with E-state index in [-0.39, 0.29) is 0 Å². The maximum absolute atomic E-state index is 9.43. The zero-order chi connectivity index (χ0) is 9.19. The van der Waals surface area contributed by atoms with Crippen LogP contribution in [0.3, 0.4) is 0 Å². The third-order valence-corrected chi connectivity index (χ3v) is 2.33. The van der Waals surface area contributed by atoms with Gasteiger partial charge in [-0.3, -0.25) is 0 Å². The normalized spacial score (nSPS) is 21.0. The second-order valence-corrected chi connectivity index (χ2v) is 4.37. The number of hydrogen-bond acceptors (Lipinski definition) is 3. The summed E-state index contributed by atoms with van der Waals surface area (Å²) >= 11 is 0. The largest absolute Gasteiger partial charge is 0.396 e. The molecular formula is C9H19NO2. The van der Waals surface area contributed by atoms with E-state index in [0.717, 1.165) is 26.1 Å². The number of hydrogen-bond donors (Lipinski definition) is 2. The summed E-state index contributed by atoms with van der Waals surface area (Å²) in [5.41, 5.74) is -0.551. The SMILES string of the molecule is CC(C)(O)CCN1CC(CO)C1. The minimum absolute atomic E-state index is 0.305. The Kier molecular flexibility index (Phi) is 3.09. The molecule has 0 bridgehead atoms. The Morgan fingerprint density at radius 1 is 1.42 bits per heavy atom. The van der Waals surface area contributed by atoms with E-state index in [2.05, 4.69) is 4.90 Å². The predicted octanol–water partition coefficient (Wildman–Crippen LogP) is 0.0715. The van der Waals surface area contributed by atoms with Gasteiger partial charge in [0, 0.05) is 32.2 Å². The Morgan fingerprint density at radius 3 is 2.42 bits per heavy atom. The molecule has 0 spiro atoms. The second-order valence-electron chi connectivity index (χ2n) is 4.37. The highest BCUT2D eigenvalue weighted by Crippen LogP contribution is 2.17. The van der Waals surface area contributed by atoms with Crippen molar-refractivity contribution in [3.63, 3.8) is 0 Å². The molecule has 1 fully saturated rings. The third kappa shape index (κ3) is 3.09. The molecule has 1 aliphatic rings. The standard InChI is InChI=1S/C9H19NO2/c1-9(2,12)3-4-10-5-8(6-10)7-11/h8,11-12H,3-7H2,1-2H3. The van der Waals surface area contributed by atoms with Gasteiger partial charge in [-0.1, -0.05) is 0 Å². The van der Waals surface area contributed by atoms with Crippen LogP contribution in [0.1, 0.15) is 20.3 Å². The van der Waals surface area contributed by atoms with Crippen LogP contribution in [0.5, 0.6) is 0 Å². The van der Waals surface area contributed by atoms with Crippen LogP contribution in [-0.4, -0.2) is 47.0 Å². The summed E-state index contributed by atoms with van der Waals surface area (Å²) in [4.78, 5) is 2.26. The van der Waals surface area contributed by atoms with Crippen molar-refractivity contribution in [3.05, 3.63) is 0 Å². The average Bonchev–Trinajstić information content (AvgIpc) is 1.82. The Labute approximate surface area is 74.0 Å². The van der Waals surface area contributed by atoms with Crippen molar-refractivity contribution in [2.75, 3.05) is 26.2 Å².